The molecule has 0 amide bonds. The molecular weight excluding hydrogens is 214 g/mol. The maximum absolute atomic E-state index is 11.9. The van der Waals surface area contributed by atoms with Crippen LogP contribution in [-0.2, 0) is 9.53 Å². The Balaban J connectivity index is 1.91. The molecule has 3 rings (SSSR count). The van der Waals surface area contributed by atoms with Crippen LogP contribution in [0.1, 0.15) is 44.9 Å². The van der Waals surface area contributed by atoms with Gasteiger partial charge in [0.1, 0.15) is 6.10 Å². The van der Waals surface area contributed by atoms with Crippen LogP contribution in [-0.4, -0.2) is 36.6 Å². The van der Waals surface area contributed by atoms with E-state index >= 15 is 0 Å². The molecule has 0 aromatic rings. The van der Waals surface area contributed by atoms with Crippen molar-refractivity contribution in [3.63, 3.8) is 0 Å². The summed E-state index contributed by atoms with van der Waals surface area (Å²) in [5.41, 5.74) is 2.38. The molecule has 0 radical (unpaired) electrons. The van der Waals surface area contributed by atoms with Gasteiger partial charge in [0, 0.05) is 5.57 Å². The molecular formula is C14H21NO2. The predicted octanol–water partition coefficient (Wildman–Crippen LogP) is 2.27. The third kappa shape index (κ3) is 2.25. The Morgan fingerprint density at radius 2 is 1.82 bits per heavy atom. The molecule has 0 aromatic heterocycles. The lowest BCUT2D eigenvalue weighted by Gasteiger charge is -2.22. The normalized spacial score (nSPS) is 34.2. The third-order valence-electron chi connectivity index (χ3n) is 4.28. The second-order valence-corrected chi connectivity index (χ2v) is 5.44. The molecule has 1 saturated heterocycles. The summed E-state index contributed by atoms with van der Waals surface area (Å²) in [4.78, 5) is 14.5. The summed E-state index contributed by atoms with van der Waals surface area (Å²) in [6, 6.07) is 0. The van der Waals surface area contributed by atoms with Gasteiger partial charge in [0.25, 0.3) is 0 Å². The fraction of sp³-hybridized carbons (Fsp3) is 0.786. The number of ether oxygens (including phenoxy) is 1. The van der Waals surface area contributed by atoms with Crippen LogP contribution in [0.2, 0.25) is 0 Å². The van der Waals surface area contributed by atoms with E-state index in [-0.39, 0.29) is 12.1 Å². The fourth-order valence-electron chi connectivity index (χ4n) is 3.37. The van der Waals surface area contributed by atoms with E-state index in [1.54, 1.807) is 0 Å². The number of fused-ring (bicyclic) bond motifs is 3. The zero-order valence-corrected chi connectivity index (χ0v) is 10.4. The van der Waals surface area contributed by atoms with Crippen LogP contribution in [0.5, 0.6) is 0 Å². The Bertz CT molecular complexity index is 348. The van der Waals surface area contributed by atoms with E-state index in [4.69, 9.17) is 4.74 Å². The van der Waals surface area contributed by atoms with Gasteiger partial charge in [-0.15, -0.1) is 0 Å². The predicted molar refractivity (Wildman–Crippen MR) is 65.7 cm³/mol. The van der Waals surface area contributed by atoms with Crippen LogP contribution < -0.4 is 0 Å². The lowest BCUT2D eigenvalue weighted by atomic mass is 9.95. The maximum atomic E-state index is 11.9. The van der Waals surface area contributed by atoms with Crippen LogP contribution in [0.3, 0.4) is 0 Å². The molecule has 0 aliphatic carbocycles. The number of rotatable bonds is 0. The van der Waals surface area contributed by atoms with Crippen LogP contribution >= 0.6 is 0 Å². The quantitative estimate of drug-likeness (QED) is 0.603. The standard InChI is InChI=1S/C14H21NO2/c16-14-12-5-1-2-8-15-9-3-6-11(12)13(17-14)7-4-10-15/h13H,1-10H2/t13-/m1/s1. The average molecular weight is 235 g/mol. The van der Waals surface area contributed by atoms with Gasteiger partial charge < -0.3 is 9.64 Å². The molecule has 0 aromatic carbocycles. The molecule has 2 atom stereocenters. The summed E-state index contributed by atoms with van der Waals surface area (Å²) in [7, 11) is 0. The summed E-state index contributed by atoms with van der Waals surface area (Å²) in [6.07, 6.45) is 7.87. The largest absolute Gasteiger partial charge is 0.454 e. The van der Waals surface area contributed by atoms with Crippen LogP contribution in [0, 0.1) is 0 Å². The van der Waals surface area contributed by atoms with E-state index in [9.17, 15) is 4.79 Å². The summed E-state index contributed by atoms with van der Waals surface area (Å²) < 4.78 is 5.55. The fourth-order valence-corrected chi connectivity index (χ4v) is 3.37. The first-order valence-corrected chi connectivity index (χ1v) is 7.00. The van der Waals surface area contributed by atoms with Crippen molar-refractivity contribution in [1.82, 2.24) is 4.90 Å². The number of hydrogen-bond donors (Lipinski definition) is 0. The first-order valence-electron chi connectivity index (χ1n) is 7.00. The van der Waals surface area contributed by atoms with E-state index < -0.39 is 0 Å². The third-order valence-corrected chi connectivity index (χ3v) is 4.28. The van der Waals surface area contributed by atoms with Crippen molar-refractivity contribution in [3.8, 4) is 0 Å². The first kappa shape index (κ1) is 11.3. The van der Waals surface area contributed by atoms with Gasteiger partial charge in [-0.05, 0) is 70.2 Å². The summed E-state index contributed by atoms with van der Waals surface area (Å²) in [5.74, 6) is -0.0111. The number of esters is 1. The highest BCUT2D eigenvalue weighted by atomic mass is 16.5. The highest BCUT2D eigenvalue weighted by Crippen LogP contribution is 2.33. The second kappa shape index (κ2) is 4.81. The highest BCUT2D eigenvalue weighted by molar-refractivity contribution is 5.92. The highest BCUT2D eigenvalue weighted by Gasteiger charge is 2.33. The molecule has 1 fully saturated rings. The van der Waals surface area contributed by atoms with Gasteiger partial charge in [0.05, 0.1) is 0 Å². The topological polar surface area (TPSA) is 29.5 Å². The summed E-state index contributed by atoms with van der Waals surface area (Å²) in [5, 5.41) is 0. The number of carbonyl (C=O) groups is 1. The minimum Gasteiger partial charge on any atom is -0.454 e. The van der Waals surface area contributed by atoms with Gasteiger partial charge in [0.15, 0.2) is 0 Å². The zero-order valence-electron chi connectivity index (χ0n) is 10.4. The molecule has 2 bridgehead atoms. The summed E-state index contributed by atoms with van der Waals surface area (Å²) in [6.45, 7) is 3.58. The van der Waals surface area contributed by atoms with Crippen molar-refractivity contribution in [2.45, 2.75) is 51.0 Å². The van der Waals surface area contributed by atoms with Crippen LogP contribution in [0.25, 0.3) is 0 Å². The van der Waals surface area contributed by atoms with Gasteiger partial charge >= 0.3 is 5.97 Å². The number of carbonyl (C=O) groups excluding carboxylic acids is 1. The van der Waals surface area contributed by atoms with E-state index in [1.807, 2.05) is 0 Å². The van der Waals surface area contributed by atoms with E-state index in [0.717, 1.165) is 37.7 Å². The van der Waals surface area contributed by atoms with Crippen LogP contribution in [0.4, 0.5) is 0 Å². The molecule has 1 unspecified atom stereocenters. The van der Waals surface area contributed by atoms with Crippen molar-refractivity contribution in [3.05, 3.63) is 11.1 Å². The van der Waals surface area contributed by atoms with Gasteiger partial charge in [-0.3, -0.25) is 0 Å². The molecule has 3 aliphatic rings. The Hall–Kier alpha value is -0.830. The SMILES string of the molecule is O=C1O[C@@H]2CCCN3CCCCC1=C2CCC3. The Kier molecular flexibility index (Phi) is 3.19. The van der Waals surface area contributed by atoms with Crippen molar-refractivity contribution in [1.29, 1.82) is 0 Å². The Labute approximate surface area is 103 Å². The Morgan fingerprint density at radius 3 is 2.76 bits per heavy atom. The first-order chi connectivity index (χ1) is 8.34. The van der Waals surface area contributed by atoms with Gasteiger partial charge in [0.2, 0.25) is 0 Å². The maximum Gasteiger partial charge on any atom is 0.334 e. The molecule has 3 heteroatoms. The minimum atomic E-state index is -0.0111. The smallest absolute Gasteiger partial charge is 0.334 e. The van der Waals surface area contributed by atoms with Crippen molar-refractivity contribution in [2.75, 3.05) is 19.6 Å². The Morgan fingerprint density at radius 1 is 1.00 bits per heavy atom. The van der Waals surface area contributed by atoms with Gasteiger partial charge in [-0.1, -0.05) is 0 Å². The summed E-state index contributed by atoms with van der Waals surface area (Å²) >= 11 is 0. The molecule has 3 nitrogen and oxygen atoms in total. The zero-order chi connectivity index (χ0) is 11.7. The van der Waals surface area contributed by atoms with Crippen molar-refractivity contribution in [2.24, 2.45) is 0 Å². The monoisotopic (exact) mass is 235 g/mol. The molecule has 17 heavy (non-hydrogen) atoms. The van der Waals surface area contributed by atoms with E-state index in [0.29, 0.717) is 0 Å². The van der Waals surface area contributed by atoms with E-state index in [2.05, 4.69) is 4.90 Å². The van der Waals surface area contributed by atoms with Crippen molar-refractivity contribution < 1.29 is 9.53 Å². The number of nitrogens with zero attached hydrogens (tertiary/aromatic N) is 1. The van der Waals surface area contributed by atoms with E-state index in [1.165, 1.54) is 38.0 Å². The van der Waals surface area contributed by atoms with Gasteiger partial charge in [-0.25, -0.2) is 4.79 Å². The molecule has 3 aliphatic heterocycles. The lowest BCUT2D eigenvalue weighted by Crippen LogP contribution is -2.27. The molecule has 0 N–H and O–H groups in total. The molecule has 0 saturated carbocycles. The molecule has 94 valence electrons. The van der Waals surface area contributed by atoms with Crippen molar-refractivity contribution >= 4 is 5.97 Å². The number of hydrogen-bond acceptors (Lipinski definition) is 3. The molecule has 3 heterocycles. The lowest BCUT2D eigenvalue weighted by molar-refractivity contribution is -0.140. The second-order valence-electron chi connectivity index (χ2n) is 5.44. The minimum absolute atomic E-state index is 0.0111. The molecule has 0 spiro atoms. The van der Waals surface area contributed by atoms with Crippen LogP contribution in [0.15, 0.2) is 11.1 Å². The average Bonchev–Trinajstić information content (AvgIpc) is 2.63. The van der Waals surface area contributed by atoms with Gasteiger partial charge in [-0.2, -0.15) is 0 Å².